The summed E-state index contributed by atoms with van der Waals surface area (Å²) < 4.78 is 14.3. The summed E-state index contributed by atoms with van der Waals surface area (Å²) in [5.74, 6) is -0.910. The van der Waals surface area contributed by atoms with Gasteiger partial charge in [-0.25, -0.2) is 4.39 Å². The molecule has 2 rings (SSSR count). The number of benzene rings is 2. The molecule has 0 aliphatic rings. The van der Waals surface area contributed by atoms with Crippen molar-refractivity contribution in [1.29, 1.82) is 0 Å². The Morgan fingerprint density at radius 2 is 2.00 bits per heavy atom. The first-order chi connectivity index (χ1) is 9.10. The van der Waals surface area contributed by atoms with E-state index in [1.165, 1.54) is 17.7 Å². The van der Waals surface area contributed by atoms with Gasteiger partial charge >= 0.3 is 0 Å². The zero-order valence-corrected chi connectivity index (χ0v) is 12.2. The summed E-state index contributed by atoms with van der Waals surface area (Å²) in [7, 11) is 0. The molecule has 2 N–H and O–H groups in total. The van der Waals surface area contributed by atoms with Crippen molar-refractivity contribution in [3.63, 3.8) is 0 Å². The highest BCUT2D eigenvalue weighted by molar-refractivity contribution is 9.10. The van der Waals surface area contributed by atoms with Crippen LogP contribution in [0.25, 0.3) is 0 Å². The van der Waals surface area contributed by atoms with E-state index in [0.29, 0.717) is 6.54 Å². The van der Waals surface area contributed by atoms with Gasteiger partial charge in [-0.05, 0) is 47.9 Å². The first kappa shape index (κ1) is 13.9. The van der Waals surface area contributed by atoms with E-state index in [2.05, 4.69) is 34.2 Å². The summed E-state index contributed by atoms with van der Waals surface area (Å²) in [4.78, 5) is 0. The predicted octanol–water partition coefficient (Wildman–Crippen LogP) is 4.47. The van der Waals surface area contributed by atoms with Crippen LogP contribution in [0.1, 0.15) is 18.1 Å². The molecule has 2 aromatic carbocycles. The predicted molar refractivity (Wildman–Crippen MR) is 78.9 cm³/mol. The van der Waals surface area contributed by atoms with Crippen molar-refractivity contribution in [3.8, 4) is 5.75 Å². The van der Waals surface area contributed by atoms with Gasteiger partial charge in [-0.1, -0.05) is 28.9 Å². The van der Waals surface area contributed by atoms with Crippen LogP contribution < -0.4 is 5.32 Å². The lowest BCUT2D eigenvalue weighted by molar-refractivity contribution is 0.432. The lowest BCUT2D eigenvalue weighted by Gasteiger charge is -2.12. The van der Waals surface area contributed by atoms with Gasteiger partial charge in [0.25, 0.3) is 0 Å². The molecule has 0 aliphatic carbocycles. The van der Waals surface area contributed by atoms with Gasteiger partial charge in [0.2, 0.25) is 0 Å². The second-order valence-corrected chi connectivity index (χ2v) is 5.21. The Morgan fingerprint density at radius 1 is 1.21 bits per heavy atom. The fraction of sp³-hybridized carbons (Fsp3) is 0.200. The van der Waals surface area contributed by atoms with Gasteiger partial charge in [0, 0.05) is 16.7 Å². The van der Waals surface area contributed by atoms with E-state index in [0.717, 1.165) is 22.1 Å². The molecule has 0 bridgehead atoms. The number of hydrogen-bond acceptors (Lipinski definition) is 2. The van der Waals surface area contributed by atoms with Crippen molar-refractivity contribution in [2.75, 3.05) is 5.32 Å². The molecule has 19 heavy (non-hydrogen) atoms. The van der Waals surface area contributed by atoms with E-state index in [1.807, 2.05) is 12.1 Å². The highest BCUT2D eigenvalue weighted by Gasteiger charge is 2.04. The molecule has 0 heterocycles. The maximum Gasteiger partial charge on any atom is 0.165 e. The highest BCUT2D eigenvalue weighted by atomic mass is 79.9. The first-order valence-corrected chi connectivity index (χ1v) is 6.89. The molecule has 2 nitrogen and oxygen atoms in total. The number of phenolic OH excluding ortho intramolecular Hbond substituents is 1. The minimum atomic E-state index is -0.592. The number of hydrogen-bond donors (Lipinski definition) is 2. The Bertz CT molecular complexity index is 586. The molecule has 0 saturated heterocycles. The normalized spacial score (nSPS) is 10.5. The molecule has 0 aliphatic heterocycles. The molecule has 0 saturated carbocycles. The molecule has 100 valence electrons. The van der Waals surface area contributed by atoms with Gasteiger partial charge in [-0.2, -0.15) is 0 Å². The quantitative estimate of drug-likeness (QED) is 0.870. The van der Waals surface area contributed by atoms with Gasteiger partial charge in [0.1, 0.15) is 0 Å². The van der Waals surface area contributed by atoms with Crippen molar-refractivity contribution < 1.29 is 9.50 Å². The maximum absolute atomic E-state index is 13.2. The molecule has 0 unspecified atom stereocenters. The molecular weight excluding hydrogens is 309 g/mol. The Morgan fingerprint density at radius 3 is 2.68 bits per heavy atom. The smallest absolute Gasteiger partial charge is 0.165 e. The number of halogens is 2. The van der Waals surface area contributed by atoms with Gasteiger partial charge in [0.15, 0.2) is 11.6 Å². The van der Waals surface area contributed by atoms with E-state index in [1.54, 1.807) is 6.07 Å². The highest BCUT2D eigenvalue weighted by Crippen LogP contribution is 2.23. The van der Waals surface area contributed by atoms with Gasteiger partial charge < -0.3 is 10.4 Å². The summed E-state index contributed by atoms with van der Waals surface area (Å²) in [5, 5.41) is 12.4. The summed E-state index contributed by atoms with van der Waals surface area (Å²) in [6, 6.07) is 10.5. The van der Waals surface area contributed by atoms with Crippen molar-refractivity contribution in [2.24, 2.45) is 0 Å². The fourth-order valence-electron chi connectivity index (χ4n) is 1.88. The van der Waals surface area contributed by atoms with E-state index < -0.39 is 5.82 Å². The summed E-state index contributed by atoms with van der Waals surface area (Å²) in [5.41, 5.74) is 3.04. The van der Waals surface area contributed by atoms with Crippen LogP contribution in [0, 0.1) is 5.82 Å². The van der Waals surface area contributed by atoms with Crippen LogP contribution in [0.5, 0.6) is 5.75 Å². The molecule has 0 spiro atoms. The monoisotopic (exact) mass is 323 g/mol. The lowest BCUT2D eigenvalue weighted by Crippen LogP contribution is -2.02. The van der Waals surface area contributed by atoms with Crippen LogP contribution in [0.15, 0.2) is 40.9 Å². The minimum absolute atomic E-state index is 0.318. The molecule has 2 aromatic rings. The number of aromatic hydroxyl groups is 1. The first-order valence-electron chi connectivity index (χ1n) is 6.10. The third-order valence-corrected chi connectivity index (χ3v) is 3.44. The van der Waals surface area contributed by atoms with Crippen LogP contribution in [-0.4, -0.2) is 5.11 Å². The van der Waals surface area contributed by atoms with Gasteiger partial charge in [0.05, 0.1) is 0 Å². The summed E-state index contributed by atoms with van der Waals surface area (Å²) >= 11 is 3.45. The second kappa shape index (κ2) is 6.06. The fourth-order valence-corrected chi connectivity index (χ4v) is 2.29. The SMILES string of the molecule is CCc1cc(Br)ccc1NCc1ccc(O)c(F)c1. The summed E-state index contributed by atoms with van der Waals surface area (Å²) in [6.45, 7) is 2.61. The van der Waals surface area contributed by atoms with E-state index in [9.17, 15) is 4.39 Å². The molecule has 0 radical (unpaired) electrons. The number of phenols is 1. The average molecular weight is 324 g/mol. The molecule has 0 fully saturated rings. The van der Waals surface area contributed by atoms with Crippen LogP contribution in [0.4, 0.5) is 10.1 Å². The van der Waals surface area contributed by atoms with E-state index in [4.69, 9.17) is 5.11 Å². The van der Waals surface area contributed by atoms with E-state index >= 15 is 0 Å². The van der Waals surface area contributed by atoms with E-state index in [-0.39, 0.29) is 5.75 Å². The van der Waals surface area contributed by atoms with Crippen LogP contribution >= 0.6 is 15.9 Å². The molecular formula is C15H15BrFNO. The third-order valence-electron chi connectivity index (χ3n) is 2.94. The Balaban J connectivity index is 2.12. The third kappa shape index (κ3) is 3.47. The number of aryl methyl sites for hydroxylation is 1. The zero-order valence-electron chi connectivity index (χ0n) is 10.6. The Hall–Kier alpha value is -1.55. The molecule has 0 amide bonds. The Kier molecular flexibility index (Phi) is 4.43. The van der Waals surface area contributed by atoms with Crippen molar-refractivity contribution in [1.82, 2.24) is 0 Å². The second-order valence-electron chi connectivity index (χ2n) is 4.29. The standard InChI is InChI=1S/C15H15BrFNO/c1-2-11-8-12(16)4-5-14(11)18-9-10-3-6-15(19)13(17)7-10/h3-8,18-19H,2,9H2,1H3. The minimum Gasteiger partial charge on any atom is -0.505 e. The topological polar surface area (TPSA) is 32.3 Å². The number of rotatable bonds is 4. The Labute approximate surface area is 120 Å². The number of anilines is 1. The van der Waals surface area contributed by atoms with Crippen molar-refractivity contribution >= 4 is 21.6 Å². The van der Waals surface area contributed by atoms with Gasteiger partial charge in [-0.15, -0.1) is 0 Å². The molecule has 4 heteroatoms. The van der Waals surface area contributed by atoms with Crippen molar-refractivity contribution in [2.45, 2.75) is 19.9 Å². The van der Waals surface area contributed by atoms with Crippen LogP contribution in [0.3, 0.4) is 0 Å². The number of nitrogens with one attached hydrogen (secondary N) is 1. The van der Waals surface area contributed by atoms with Crippen molar-refractivity contribution in [3.05, 3.63) is 57.8 Å². The summed E-state index contributed by atoms with van der Waals surface area (Å²) in [6.07, 6.45) is 0.922. The molecule has 0 aromatic heterocycles. The lowest BCUT2D eigenvalue weighted by atomic mass is 10.1. The largest absolute Gasteiger partial charge is 0.505 e. The van der Waals surface area contributed by atoms with Gasteiger partial charge in [-0.3, -0.25) is 0 Å². The molecule has 0 atom stereocenters. The van der Waals surface area contributed by atoms with Crippen LogP contribution in [0.2, 0.25) is 0 Å². The van der Waals surface area contributed by atoms with Crippen LogP contribution in [-0.2, 0) is 13.0 Å². The zero-order chi connectivity index (χ0) is 13.8. The maximum atomic E-state index is 13.2. The average Bonchev–Trinajstić information content (AvgIpc) is 2.41.